The molecule has 5 nitrogen and oxygen atoms in total. The normalized spacial score (nSPS) is 21.5. The van der Waals surface area contributed by atoms with Gasteiger partial charge in [-0.1, -0.05) is 25.1 Å². The van der Waals surface area contributed by atoms with Gasteiger partial charge in [-0.25, -0.2) is 0 Å². The van der Waals surface area contributed by atoms with Gasteiger partial charge in [0.1, 0.15) is 5.75 Å². The third kappa shape index (κ3) is 4.57. The molecule has 0 N–H and O–H groups in total. The Morgan fingerprint density at radius 1 is 1.04 bits per heavy atom. The van der Waals surface area contributed by atoms with Crippen molar-refractivity contribution >= 4 is 11.8 Å². The summed E-state index contributed by atoms with van der Waals surface area (Å²) >= 11 is 0. The van der Waals surface area contributed by atoms with E-state index in [0.717, 1.165) is 38.6 Å². The summed E-state index contributed by atoms with van der Waals surface area (Å²) in [7, 11) is 0. The van der Waals surface area contributed by atoms with E-state index in [2.05, 4.69) is 11.8 Å². The molecular formula is C21H30N2O3. The van der Waals surface area contributed by atoms with Gasteiger partial charge in [0.15, 0.2) is 6.61 Å². The van der Waals surface area contributed by atoms with Crippen LogP contribution in [0, 0.1) is 5.92 Å². The van der Waals surface area contributed by atoms with Gasteiger partial charge in [-0.15, -0.1) is 0 Å². The minimum absolute atomic E-state index is 0.00385. The highest BCUT2D eigenvalue weighted by atomic mass is 16.5. The van der Waals surface area contributed by atoms with Crippen LogP contribution in [0.2, 0.25) is 0 Å². The average molecular weight is 358 g/mol. The lowest BCUT2D eigenvalue weighted by atomic mass is 9.92. The molecule has 1 unspecified atom stereocenters. The number of hydrogen-bond acceptors (Lipinski definition) is 3. The monoisotopic (exact) mass is 358 g/mol. The third-order valence-electron chi connectivity index (χ3n) is 5.68. The second-order valence-electron chi connectivity index (χ2n) is 7.35. The standard InChI is InChI=1S/C21H30N2O3/c1-2-18-8-6-7-13-23(18)21(25)17-11-14-22(15-12-17)20(24)16-26-19-9-4-3-5-10-19/h3-5,9-10,17-18H,2,6-8,11-16H2,1H3. The van der Waals surface area contributed by atoms with Crippen LogP contribution in [0.4, 0.5) is 0 Å². The van der Waals surface area contributed by atoms with Gasteiger partial charge >= 0.3 is 0 Å². The highest BCUT2D eigenvalue weighted by molar-refractivity contribution is 5.81. The van der Waals surface area contributed by atoms with E-state index in [1.807, 2.05) is 35.2 Å². The summed E-state index contributed by atoms with van der Waals surface area (Å²) in [5, 5.41) is 0. The molecule has 5 heteroatoms. The molecule has 0 bridgehead atoms. The second kappa shape index (κ2) is 9.06. The van der Waals surface area contributed by atoms with Gasteiger partial charge in [0, 0.05) is 31.6 Å². The van der Waals surface area contributed by atoms with Crippen LogP contribution in [0.15, 0.2) is 30.3 Å². The van der Waals surface area contributed by atoms with Crippen molar-refractivity contribution in [2.75, 3.05) is 26.2 Å². The predicted octanol–water partition coefficient (Wildman–Crippen LogP) is 3.10. The first-order valence-electron chi connectivity index (χ1n) is 9.95. The summed E-state index contributed by atoms with van der Waals surface area (Å²) in [6.07, 6.45) is 6.06. The molecule has 2 saturated heterocycles. The molecule has 2 aliphatic heterocycles. The Balaban J connectivity index is 1.46. The first-order valence-corrected chi connectivity index (χ1v) is 9.95. The molecular weight excluding hydrogens is 328 g/mol. The molecule has 2 fully saturated rings. The van der Waals surface area contributed by atoms with Crippen molar-refractivity contribution in [1.29, 1.82) is 0 Å². The zero-order chi connectivity index (χ0) is 18.4. The highest BCUT2D eigenvalue weighted by Crippen LogP contribution is 2.26. The Morgan fingerprint density at radius 2 is 1.77 bits per heavy atom. The quantitative estimate of drug-likeness (QED) is 0.813. The summed E-state index contributed by atoms with van der Waals surface area (Å²) in [6.45, 7) is 4.44. The predicted molar refractivity (Wildman–Crippen MR) is 101 cm³/mol. The number of likely N-dealkylation sites (tertiary alicyclic amines) is 2. The molecule has 2 aliphatic rings. The number of carbonyl (C=O) groups is 2. The Kier molecular flexibility index (Phi) is 6.53. The molecule has 26 heavy (non-hydrogen) atoms. The smallest absolute Gasteiger partial charge is 0.260 e. The van der Waals surface area contributed by atoms with E-state index in [1.54, 1.807) is 0 Å². The van der Waals surface area contributed by atoms with Crippen LogP contribution in [-0.4, -0.2) is 53.9 Å². The molecule has 3 rings (SSSR count). The molecule has 142 valence electrons. The molecule has 2 amide bonds. The van der Waals surface area contributed by atoms with Crippen LogP contribution in [0.1, 0.15) is 45.4 Å². The molecule has 0 saturated carbocycles. The van der Waals surface area contributed by atoms with E-state index < -0.39 is 0 Å². The fourth-order valence-electron chi connectivity index (χ4n) is 4.08. The van der Waals surface area contributed by atoms with Crippen molar-refractivity contribution in [1.82, 2.24) is 9.80 Å². The van der Waals surface area contributed by atoms with Crippen molar-refractivity contribution in [2.24, 2.45) is 5.92 Å². The number of nitrogens with zero attached hydrogens (tertiary/aromatic N) is 2. The van der Waals surface area contributed by atoms with Gasteiger partial charge < -0.3 is 14.5 Å². The molecule has 0 spiro atoms. The van der Waals surface area contributed by atoms with Gasteiger partial charge in [0.05, 0.1) is 0 Å². The van der Waals surface area contributed by atoms with Crippen molar-refractivity contribution in [2.45, 2.75) is 51.5 Å². The molecule has 1 aromatic rings. The minimum atomic E-state index is 0.00385. The first-order chi connectivity index (χ1) is 12.7. The lowest BCUT2D eigenvalue weighted by molar-refractivity contribution is -0.144. The molecule has 0 aliphatic carbocycles. The van der Waals surface area contributed by atoms with Crippen LogP contribution in [0.5, 0.6) is 5.75 Å². The van der Waals surface area contributed by atoms with E-state index in [9.17, 15) is 9.59 Å². The van der Waals surface area contributed by atoms with Crippen LogP contribution in [0.25, 0.3) is 0 Å². The van der Waals surface area contributed by atoms with Crippen molar-refractivity contribution in [3.8, 4) is 5.75 Å². The number of amides is 2. The summed E-state index contributed by atoms with van der Waals surface area (Å²) in [6, 6.07) is 9.81. The number of piperidine rings is 2. The fourth-order valence-corrected chi connectivity index (χ4v) is 4.08. The van der Waals surface area contributed by atoms with E-state index in [0.29, 0.717) is 30.8 Å². The largest absolute Gasteiger partial charge is 0.484 e. The Labute approximate surface area is 156 Å². The zero-order valence-electron chi connectivity index (χ0n) is 15.7. The van der Waals surface area contributed by atoms with E-state index in [-0.39, 0.29) is 18.4 Å². The van der Waals surface area contributed by atoms with Crippen molar-refractivity contribution in [3.05, 3.63) is 30.3 Å². The molecule has 1 atom stereocenters. The Bertz CT molecular complexity index is 597. The number of ether oxygens (including phenoxy) is 1. The molecule has 2 heterocycles. The topological polar surface area (TPSA) is 49.9 Å². The molecule has 0 radical (unpaired) electrons. The molecule has 0 aromatic heterocycles. The maximum absolute atomic E-state index is 12.9. The van der Waals surface area contributed by atoms with Crippen LogP contribution in [-0.2, 0) is 9.59 Å². The Hall–Kier alpha value is -2.04. The van der Waals surface area contributed by atoms with Crippen LogP contribution in [0.3, 0.4) is 0 Å². The van der Waals surface area contributed by atoms with E-state index in [4.69, 9.17) is 4.74 Å². The van der Waals surface area contributed by atoms with Crippen molar-refractivity contribution in [3.63, 3.8) is 0 Å². The first kappa shape index (κ1) is 18.7. The van der Waals surface area contributed by atoms with Gasteiger partial charge in [-0.2, -0.15) is 0 Å². The summed E-state index contributed by atoms with van der Waals surface area (Å²) in [4.78, 5) is 29.2. The maximum Gasteiger partial charge on any atom is 0.260 e. The number of para-hydroxylation sites is 1. The maximum atomic E-state index is 12.9. The van der Waals surface area contributed by atoms with Gasteiger partial charge in [-0.3, -0.25) is 9.59 Å². The van der Waals surface area contributed by atoms with Crippen LogP contribution < -0.4 is 4.74 Å². The lowest BCUT2D eigenvalue weighted by Crippen LogP contribution is -2.49. The van der Waals surface area contributed by atoms with Crippen LogP contribution >= 0.6 is 0 Å². The zero-order valence-corrected chi connectivity index (χ0v) is 15.7. The van der Waals surface area contributed by atoms with E-state index >= 15 is 0 Å². The number of hydrogen-bond donors (Lipinski definition) is 0. The average Bonchev–Trinajstić information content (AvgIpc) is 2.72. The summed E-state index contributed by atoms with van der Waals surface area (Å²) in [5.74, 6) is 1.09. The highest BCUT2D eigenvalue weighted by Gasteiger charge is 2.33. The number of carbonyl (C=O) groups excluding carboxylic acids is 2. The lowest BCUT2D eigenvalue weighted by Gasteiger charge is -2.39. The minimum Gasteiger partial charge on any atom is -0.484 e. The van der Waals surface area contributed by atoms with Gasteiger partial charge in [0.2, 0.25) is 5.91 Å². The number of benzene rings is 1. The van der Waals surface area contributed by atoms with Crippen molar-refractivity contribution < 1.29 is 14.3 Å². The van der Waals surface area contributed by atoms with Gasteiger partial charge in [-0.05, 0) is 50.7 Å². The summed E-state index contributed by atoms with van der Waals surface area (Å²) < 4.78 is 5.55. The molecule has 1 aromatic carbocycles. The SMILES string of the molecule is CCC1CCCCN1C(=O)C1CCN(C(=O)COc2ccccc2)CC1. The van der Waals surface area contributed by atoms with E-state index in [1.165, 1.54) is 6.42 Å². The van der Waals surface area contributed by atoms with Gasteiger partial charge in [0.25, 0.3) is 5.91 Å². The summed E-state index contributed by atoms with van der Waals surface area (Å²) in [5.41, 5.74) is 0. The third-order valence-corrected chi connectivity index (χ3v) is 5.68. The Morgan fingerprint density at radius 3 is 2.46 bits per heavy atom. The number of rotatable bonds is 5. The second-order valence-corrected chi connectivity index (χ2v) is 7.35. The fraction of sp³-hybridized carbons (Fsp3) is 0.619.